The van der Waals surface area contributed by atoms with Gasteiger partial charge in [0, 0.05) is 42.4 Å². The quantitative estimate of drug-likeness (QED) is 0.282. The molecule has 0 saturated carbocycles. The number of hydrogen-bond donors (Lipinski definition) is 2. The Balaban J connectivity index is 1.90. The summed E-state index contributed by atoms with van der Waals surface area (Å²) in [5.41, 5.74) is 5.25. The highest BCUT2D eigenvalue weighted by atomic mass is 19.1. The number of nitrogens with zero attached hydrogens (tertiary/aromatic N) is 3. The summed E-state index contributed by atoms with van der Waals surface area (Å²) >= 11 is 0. The van der Waals surface area contributed by atoms with E-state index in [1.165, 1.54) is 18.2 Å². The molecule has 1 aliphatic rings. The topological polar surface area (TPSA) is 71.6 Å². The molecular formula is C30H30F2N4O. The maximum Gasteiger partial charge on any atom is 0.141 e. The van der Waals surface area contributed by atoms with Crippen LogP contribution in [0.15, 0.2) is 53.5 Å². The summed E-state index contributed by atoms with van der Waals surface area (Å²) in [6.07, 6.45) is 0. The van der Waals surface area contributed by atoms with Crippen molar-refractivity contribution in [3.63, 3.8) is 0 Å². The fraction of sp³-hybridized carbons (Fsp3) is 0.267. The van der Waals surface area contributed by atoms with Crippen LogP contribution in [0, 0.1) is 35.8 Å². The Morgan fingerprint density at radius 3 is 2.54 bits per heavy atom. The van der Waals surface area contributed by atoms with Crippen LogP contribution in [0.25, 0.3) is 22.4 Å². The molecule has 37 heavy (non-hydrogen) atoms. The highest BCUT2D eigenvalue weighted by molar-refractivity contribution is 5.94. The van der Waals surface area contributed by atoms with E-state index in [0.717, 1.165) is 60.2 Å². The van der Waals surface area contributed by atoms with Crippen LogP contribution in [0.4, 0.5) is 14.5 Å². The summed E-state index contributed by atoms with van der Waals surface area (Å²) in [6.45, 7) is 13.0. The van der Waals surface area contributed by atoms with E-state index in [4.69, 9.17) is 0 Å². The number of aromatic hydroxyl groups is 1. The Kier molecular flexibility index (Phi) is 7.70. The van der Waals surface area contributed by atoms with Gasteiger partial charge in [0.2, 0.25) is 0 Å². The molecule has 1 heterocycles. The molecule has 1 fully saturated rings. The summed E-state index contributed by atoms with van der Waals surface area (Å²) in [5.74, 6) is -0.752. The lowest BCUT2D eigenvalue weighted by atomic mass is 9.90. The molecule has 190 valence electrons. The van der Waals surface area contributed by atoms with Crippen LogP contribution in [0.2, 0.25) is 0 Å². The van der Waals surface area contributed by atoms with Gasteiger partial charge in [-0.2, -0.15) is 5.26 Å². The predicted octanol–water partition coefficient (Wildman–Crippen LogP) is 6.28. The molecule has 7 heteroatoms. The van der Waals surface area contributed by atoms with Crippen molar-refractivity contribution in [2.45, 2.75) is 20.8 Å². The third-order valence-corrected chi connectivity index (χ3v) is 6.71. The van der Waals surface area contributed by atoms with Crippen molar-refractivity contribution in [3.05, 3.63) is 82.4 Å². The molecule has 0 aromatic heterocycles. The number of aliphatic imine (C=N–C) groups is 1. The Morgan fingerprint density at radius 1 is 1.16 bits per heavy atom. The van der Waals surface area contributed by atoms with Crippen LogP contribution in [0.1, 0.15) is 36.1 Å². The first-order valence-corrected chi connectivity index (χ1v) is 12.2. The lowest BCUT2D eigenvalue weighted by Crippen LogP contribution is -2.49. The van der Waals surface area contributed by atoms with Gasteiger partial charge in [0.25, 0.3) is 0 Å². The van der Waals surface area contributed by atoms with Gasteiger partial charge in [0.05, 0.1) is 11.3 Å². The van der Waals surface area contributed by atoms with Crippen LogP contribution in [-0.2, 0) is 0 Å². The Bertz CT molecular complexity index is 1400. The summed E-state index contributed by atoms with van der Waals surface area (Å²) in [5, 5.41) is 23.4. The molecule has 3 aromatic carbocycles. The number of phenolic OH excluding ortho intramolecular Hbond substituents is 1. The fourth-order valence-corrected chi connectivity index (χ4v) is 4.86. The van der Waals surface area contributed by atoms with Gasteiger partial charge in [-0.15, -0.1) is 0 Å². The zero-order valence-electron chi connectivity index (χ0n) is 21.3. The smallest absolute Gasteiger partial charge is 0.141 e. The number of likely N-dealkylation sites (tertiary alicyclic amines) is 1. The Labute approximate surface area is 216 Å². The van der Waals surface area contributed by atoms with Crippen LogP contribution in [0.5, 0.6) is 5.75 Å². The molecule has 0 unspecified atom stereocenters. The zero-order valence-corrected chi connectivity index (χ0v) is 21.3. The van der Waals surface area contributed by atoms with Gasteiger partial charge < -0.3 is 15.3 Å². The minimum absolute atomic E-state index is 0.140. The number of benzene rings is 3. The van der Waals surface area contributed by atoms with Crippen molar-refractivity contribution in [3.8, 4) is 22.9 Å². The maximum absolute atomic E-state index is 14.4. The average molecular weight is 501 g/mol. The first-order valence-electron chi connectivity index (χ1n) is 12.2. The van der Waals surface area contributed by atoms with E-state index in [1.807, 2.05) is 32.0 Å². The van der Waals surface area contributed by atoms with Gasteiger partial charge in [-0.25, -0.2) is 8.78 Å². The molecular weight excluding hydrogens is 470 g/mol. The minimum atomic E-state index is -0.618. The molecule has 0 amide bonds. The summed E-state index contributed by atoms with van der Waals surface area (Å²) in [7, 11) is 0. The molecule has 1 saturated heterocycles. The van der Waals surface area contributed by atoms with Gasteiger partial charge in [-0.3, -0.25) is 4.99 Å². The van der Waals surface area contributed by atoms with Crippen LogP contribution in [-0.4, -0.2) is 42.9 Å². The fourth-order valence-electron chi connectivity index (χ4n) is 4.86. The SMILES string of the molecule is C=Nc1ccc(-c2cc(F)cc(C#N)c2O)cc1/C(=C(\C)c1cc(C)cc(F)c1)N1CC(CNCC)C1. The molecule has 5 nitrogen and oxygen atoms in total. The Hall–Kier alpha value is -4.02. The van der Waals surface area contributed by atoms with E-state index >= 15 is 0 Å². The van der Waals surface area contributed by atoms with Gasteiger partial charge >= 0.3 is 0 Å². The molecule has 2 N–H and O–H groups in total. The molecule has 0 radical (unpaired) electrons. The summed E-state index contributed by atoms with van der Waals surface area (Å²) in [6, 6.07) is 14.3. The molecule has 0 spiro atoms. The molecule has 0 atom stereocenters. The molecule has 1 aliphatic heterocycles. The van der Waals surface area contributed by atoms with Gasteiger partial charge in [0.15, 0.2) is 0 Å². The van der Waals surface area contributed by atoms with Gasteiger partial charge in [-0.05, 0) is 85.8 Å². The molecule has 0 bridgehead atoms. The minimum Gasteiger partial charge on any atom is -0.506 e. The van der Waals surface area contributed by atoms with Crippen LogP contribution >= 0.6 is 0 Å². The maximum atomic E-state index is 14.4. The highest BCUT2D eigenvalue weighted by Crippen LogP contribution is 2.42. The number of hydrogen-bond acceptors (Lipinski definition) is 5. The molecule has 0 aliphatic carbocycles. The standard InChI is InChI=1S/C30H30F2N4O/c1-5-35-15-20-16-36(17-20)29(19(3)22-8-18(2)9-24(31)10-22)27-12-21(6-7-28(27)34-4)26-13-25(32)11-23(14-33)30(26)37/h6-13,20,35,37H,4-5,15-17H2,1-3H3/b29-19-. The van der Waals surface area contributed by atoms with Crippen molar-refractivity contribution >= 4 is 23.7 Å². The normalized spacial score (nSPS) is 14.1. The summed E-state index contributed by atoms with van der Waals surface area (Å²) in [4.78, 5) is 6.47. The second-order valence-corrected chi connectivity index (χ2v) is 9.42. The Morgan fingerprint density at radius 2 is 1.89 bits per heavy atom. The van der Waals surface area contributed by atoms with Gasteiger partial charge in [0.1, 0.15) is 23.5 Å². The predicted molar refractivity (Wildman–Crippen MR) is 145 cm³/mol. The summed E-state index contributed by atoms with van der Waals surface area (Å²) < 4.78 is 28.7. The van der Waals surface area contributed by atoms with Crippen molar-refractivity contribution in [1.29, 1.82) is 5.26 Å². The highest BCUT2D eigenvalue weighted by Gasteiger charge is 2.31. The van der Waals surface area contributed by atoms with Gasteiger partial charge in [-0.1, -0.05) is 19.1 Å². The van der Waals surface area contributed by atoms with Crippen molar-refractivity contribution < 1.29 is 13.9 Å². The molecule has 4 rings (SSSR count). The third kappa shape index (κ3) is 5.40. The van der Waals surface area contributed by atoms with E-state index in [-0.39, 0.29) is 22.7 Å². The lowest BCUT2D eigenvalue weighted by molar-refractivity contribution is 0.172. The van der Waals surface area contributed by atoms with Crippen molar-refractivity contribution in [2.24, 2.45) is 10.9 Å². The van der Waals surface area contributed by atoms with Crippen molar-refractivity contribution in [1.82, 2.24) is 10.2 Å². The number of nitriles is 1. The van der Waals surface area contributed by atoms with Crippen molar-refractivity contribution in [2.75, 3.05) is 26.2 Å². The number of allylic oxidation sites excluding steroid dienone is 1. The number of phenols is 1. The zero-order chi connectivity index (χ0) is 26.7. The van der Waals surface area contributed by atoms with E-state index in [1.54, 1.807) is 12.1 Å². The second-order valence-electron chi connectivity index (χ2n) is 9.42. The number of aryl methyl sites for hydroxylation is 1. The largest absolute Gasteiger partial charge is 0.506 e. The van der Waals surface area contributed by atoms with E-state index < -0.39 is 5.82 Å². The third-order valence-electron chi connectivity index (χ3n) is 6.71. The first kappa shape index (κ1) is 26.1. The van der Waals surface area contributed by atoms with Crippen LogP contribution in [0.3, 0.4) is 0 Å². The van der Waals surface area contributed by atoms with E-state index in [9.17, 15) is 19.1 Å². The van der Waals surface area contributed by atoms with E-state index in [0.29, 0.717) is 17.2 Å². The number of rotatable bonds is 8. The average Bonchev–Trinajstić information content (AvgIpc) is 2.85. The number of nitrogens with one attached hydrogen (secondary N) is 1. The van der Waals surface area contributed by atoms with Crippen LogP contribution < -0.4 is 5.32 Å². The monoisotopic (exact) mass is 500 g/mol. The number of halogens is 2. The second kappa shape index (κ2) is 10.9. The lowest BCUT2D eigenvalue weighted by Gasteiger charge is -2.44. The molecule has 3 aromatic rings. The first-order chi connectivity index (χ1) is 17.7. The van der Waals surface area contributed by atoms with E-state index in [2.05, 4.69) is 28.9 Å².